The Hall–Kier alpha value is -3.60. The van der Waals surface area contributed by atoms with E-state index in [1.54, 1.807) is 38.1 Å². The Bertz CT molecular complexity index is 1310. The normalized spacial score (nSPS) is 12.5. The van der Waals surface area contributed by atoms with Crippen molar-refractivity contribution in [1.82, 2.24) is 34.8 Å². The van der Waals surface area contributed by atoms with Crippen molar-refractivity contribution >= 4 is 39.1 Å². The average molecular weight is 467 g/mol. The van der Waals surface area contributed by atoms with E-state index in [9.17, 15) is 4.79 Å². The van der Waals surface area contributed by atoms with Crippen LogP contribution in [0, 0.1) is 0 Å². The Balaban J connectivity index is 1.46. The average Bonchev–Trinajstić information content (AvgIpc) is 3.40. The van der Waals surface area contributed by atoms with Gasteiger partial charge < -0.3 is 19.9 Å². The number of methoxy groups -OCH3 is 1. The molecule has 0 aliphatic carbocycles. The van der Waals surface area contributed by atoms with Gasteiger partial charge in [0, 0.05) is 23.5 Å². The fraction of sp³-hybridized carbons (Fsp3) is 0.364. The van der Waals surface area contributed by atoms with E-state index < -0.39 is 0 Å². The smallest absolute Gasteiger partial charge is 0.270 e. The monoisotopic (exact) mass is 466 g/mol. The summed E-state index contributed by atoms with van der Waals surface area (Å²) in [5, 5.41) is 6.83. The number of anilines is 2. The second-order valence-electron chi connectivity index (χ2n) is 8.67. The standard InChI is InChI=1S/C22H26N8O2S/c1-12(27-18(31)13-7-16-14(8-23-13)26-11-30(16)5)17-10-25-21(33-17)28-15-9-24-20(22(2,3)4)29-19(15)32-6/h7-12H,1-6H3,(H,25,28)(H,27,31). The first kappa shape index (κ1) is 22.6. The Morgan fingerprint density at radius 1 is 1.15 bits per heavy atom. The number of amides is 1. The third-order valence-electron chi connectivity index (χ3n) is 5.00. The Morgan fingerprint density at radius 3 is 2.67 bits per heavy atom. The van der Waals surface area contributed by atoms with Crippen LogP contribution >= 0.6 is 11.3 Å². The number of thiazole rings is 1. The summed E-state index contributed by atoms with van der Waals surface area (Å²) in [6, 6.07) is 1.48. The number of aryl methyl sites for hydroxylation is 1. The molecule has 4 aromatic heterocycles. The number of nitrogens with zero attached hydrogens (tertiary/aromatic N) is 6. The van der Waals surface area contributed by atoms with Gasteiger partial charge in [-0.25, -0.2) is 19.9 Å². The molecule has 2 N–H and O–H groups in total. The molecule has 1 atom stereocenters. The van der Waals surface area contributed by atoms with Crippen molar-refractivity contribution in [2.24, 2.45) is 7.05 Å². The summed E-state index contributed by atoms with van der Waals surface area (Å²) in [4.78, 5) is 35.5. The Morgan fingerprint density at radius 2 is 1.94 bits per heavy atom. The molecule has 0 aliphatic rings. The third-order valence-corrected chi connectivity index (χ3v) is 6.10. The molecule has 0 fully saturated rings. The van der Waals surface area contributed by atoms with E-state index in [2.05, 4.69) is 35.6 Å². The van der Waals surface area contributed by atoms with Crippen LogP contribution in [0.5, 0.6) is 5.88 Å². The van der Waals surface area contributed by atoms with Gasteiger partial charge in [0.25, 0.3) is 5.91 Å². The first-order valence-electron chi connectivity index (χ1n) is 10.4. The number of aromatic nitrogens is 6. The molecule has 0 radical (unpaired) electrons. The van der Waals surface area contributed by atoms with E-state index >= 15 is 0 Å². The van der Waals surface area contributed by atoms with Crippen molar-refractivity contribution < 1.29 is 9.53 Å². The molecule has 4 rings (SSSR count). The number of hydrogen-bond donors (Lipinski definition) is 2. The lowest BCUT2D eigenvalue weighted by atomic mass is 9.96. The zero-order valence-corrected chi connectivity index (χ0v) is 20.2. The van der Waals surface area contributed by atoms with Crippen molar-refractivity contribution in [3.8, 4) is 5.88 Å². The molecule has 11 heteroatoms. The second kappa shape index (κ2) is 8.74. The van der Waals surface area contributed by atoms with Crippen LogP contribution in [0.25, 0.3) is 11.0 Å². The number of carbonyl (C=O) groups excluding carboxylic acids is 1. The number of rotatable bonds is 6. The zero-order valence-electron chi connectivity index (χ0n) is 19.4. The molecule has 4 heterocycles. The van der Waals surface area contributed by atoms with Gasteiger partial charge in [0.15, 0.2) is 5.13 Å². The van der Waals surface area contributed by atoms with Gasteiger partial charge in [-0.3, -0.25) is 4.79 Å². The minimum atomic E-state index is -0.263. The van der Waals surface area contributed by atoms with Crippen molar-refractivity contribution in [2.75, 3.05) is 12.4 Å². The number of nitrogens with one attached hydrogen (secondary N) is 2. The summed E-state index contributed by atoms with van der Waals surface area (Å²) in [5.41, 5.74) is 2.36. The molecular formula is C22H26N8O2S. The van der Waals surface area contributed by atoms with Crippen molar-refractivity contribution in [3.05, 3.63) is 47.4 Å². The number of imidazole rings is 1. The van der Waals surface area contributed by atoms with Crippen LogP contribution in [-0.2, 0) is 12.5 Å². The van der Waals surface area contributed by atoms with E-state index in [1.807, 2.05) is 39.3 Å². The predicted octanol–water partition coefficient (Wildman–Crippen LogP) is 3.76. The van der Waals surface area contributed by atoms with Crippen LogP contribution in [-0.4, -0.2) is 42.5 Å². The maximum atomic E-state index is 12.7. The van der Waals surface area contributed by atoms with Crippen LogP contribution in [0.1, 0.15) is 54.9 Å². The Kier molecular flexibility index (Phi) is 5.98. The fourth-order valence-corrected chi connectivity index (χ4v) is 3.96. The Labute approximate surface area is 195 Å². The summed E-state index contributed by atoms with van der Waals surface area (Å²) < 4.78 is 7.29. The topological polar surface area (TPSA) is 120 Å². The number of carbonyl (C=O) groups is 1. The number of hydrogen-bond acceptors (Lipinski definition) is 9. The number of ether oxygens (including phenoxy) is 1. The van der Waals surface area contributed by atoms with Crippen LogP contribution in [0.15, 0.2) is 31.0 Å². The highest BCUT2D eigenvalue weighted by Gasteiger charge is 2.21. The van der Waals surface area contributed by atoms with Gasteiger partial charge in [-0.05, 0) is 13.0 Å². The van der Waals surface area contributed by atoms with Gasteiger partial charge in [0.2, 0.25) is 5.88 Å². The summed E-state index contributed by atoms with van der Waals surface area (Å²) in [6.07, 6.45) is 6.72. The highest BCUT2D eigenvalue weighted by Crippen LogP contribution is 2.31. The number of fused-ring (bicyclic) bond motifs is 1. The van der Waals surface area contributed by atoms with Crippen LogP contribution in [0.3, 0.4) is 0 Å². The summed E-state index contributed by atoms with van der Waals surface area (Å²) >= 11 is 1.43. The van der Waals surface area contributed by atoms with E-state index in [1.165, 1.54) is 11.3 Å². The van der Waals surface area contributed by atoms with Gasteiger partial charge in [-0.2, -0.15) is 4.98 Å². The SMILES string of the molecule is COc1nc(C(C)(C)C)ncc1Nc1ncc(C(C)NC(=O)c2cc3c(cn2)ncn3C)s1. The zero-order chi connectivity index (χ0) is 23.8. The lowest BCUT2D eigenvalue weighted by Gasteiger charge is -2.18. The molecule has 10 nitrogen and oxygen atoms in total. The highest BCUT2D eigenvalue weighted by atomic mass is 32.1. The van der Waals surface area contributed by atoms with Gasteiger partial charge in [0.1, 0.15) is 22.7 Å². The molecule has 0 aromatic carbocycles. The summed E-state index contributed by atoms with van der Waals surface area (Å²) in [5.74, 6) is 0.880. The maximum Gasteiger partial charge on any atom is 0.270 e. The molecule has 4 aromatic rings. The minimum absolute atomic E-state index is 0.191. The molecular weight excluding hydrogens is 440 g/mol. The molecule has 33 heavy (non-hydrogen) atoms. The van der Waals surface area contributed by atoms with Crippen molar-refractivity contribution in [1.29, 1.82) is 0 Å². The largest absolute Gasteiger partial charge is 0.479 e. The molecule has 0 saturated carbocycles. The lowest BCUT2D eigenvalue weighted by molar-refractivity contribution is 0.0935. The minimum Gasteiger partial charge on any atom is -0.479 e. The fourth-order valence-electron chi connectivity index (χ4n) is 3.13. The molecule has 1 amide bonds. The van der Waals surface area contributed by atoms with Crippen LogP contribution in [0.4, 0.5) is 10.8 Å². The second-order valence-corrected chi connectivity index (χ2v) is 9.73. The van der Waals surface area contributed by atoms with Crippen LogP contribution in [0.2, 0.25) is 0 Å². The molecule has 0 saturated heterocycles. The first-order chi connectivity index (χ1) is 15.7. The third kappa shape index (κ3) is 4.77. The first-order valence-corrected chi connectivity index (χ1v) is 11.2. The van der Waals surface area contributed by atoms with Crippen molar-refractivity contribution in [3.63, 3.8) is 0 Å². The van der Waals surface area contributed by atoms with Gasteiger partial charge in [0.05, 0.1) is 37.4 Å². The maximum absolute atomic E-state index is 12.7. The van der Waals surface area contributed by atoms with Gasteiger partial charge in [-0.1, -0.05) is 32.1 Å². The molecule has 0 spiro atoms. The number of pyridine rings is 1. The van der Waals surface area contributed by atoms with E-state index in [0.717, 1.165) is 15.9 Å². The highest BCUT2D eigenvalue weighted by molar-refractivity contribution is 7.15. The molecule has 1 unspecified atom stereocenters. The summed E-state index contributed by atoms with van der Waals surface area (Å²) in [7, 11) is 3.45. The molecule has 0 bridgehead atoms. The van der Waals surface area contributed by atoms with E-state index in [-0.39, 0.29) is 17.4 Å². The van der Waals surface area contributed by atoms with Crippen molar-refractivity contribution in [2.45, 2.75) is 39.2 Å². The van der Waals surface area contributed by atoms with Gasteiger partial charge in [-0.15, -0.1) is 0 Å². The van der Waals surface area contributed by atoms with E-state index in [0.29, 0.717) is 28.2 Å². The quantitative estimate of drug-likeness (QED) is 0.441. The lowest BCUT2D eigenvalue weighted by Crippen LogP contribution is -2.26. The van der Waals surface area contributed by atoms with Crippen LogP contribution < -0.4 is 15.4 Å². The predicted molar refractivity (Wildman–Crippen MR) is 127 cm³/mol. The van der Waals surface area contributed by atoms with E-state index in [4.69, 9.17) is 4.74 Å². The summed E-state index contributed by atoms with van der Waals surface area (Å²) in [6.45, 7) is 8.03. The van der Waals surface area contributed by atoms with Gasteiger partial charge >= 0.3 is 0 Å². The molecule has 0 aliphatic heterocycles. The molecule has 172 valence electrons.